The van der Waals surface area contributed by atoms with E-state index in [1.807, 2.05) is 25.7 Å². The number of carbonyl (C=O) groups is 2. The fourth-order valence-electron chi connectivity index (χ4n) is 3.10. The highest BCUT2D eigenvalue weighted by atomic mass is 16.6. The summed E-state index contributed by atoms with van der Waals surface area (Å²) >= 11 is 0. The van der Waals surface area contributed by atoms with E-state index in [1.165, 1.54) is 11.1 Å². The Hall–Kier alpha value is -1.62. The van der Waals surface area contributed by atoms with Crippen LogP contribution in [0.2, 0.25) is 0 Å². The molecule has 0 N–H and O–H groups in total. The van der Waals surface area contributed by atoms with Gasteiger partial charge in [-0.15, -0.1) is 0 Å². The molecular formula is C23H40N2O3. The third-order valence-corrected chi connectivity index (χ3v) is 4.88. The number of nitrogens with zero attached hydrogens (tertiary/aromatic N) is 2. The summed E-state index contributed by atoms with van der Waals surface area (Å²) in [4.78, 5) is 28.2. The third-order valence-electron chi connectivity index (χ3n) is 4.88. The molecule has 0 radical (unpaired) electrons. The highest BCUT2D eigenvalue weighted by Crippen LogP contribution is 2.14. The molecule has 1 saturated heterocycles. The maximum Gasteiger partial charge on any atom is 0.306 e. The molecule has 0 saturated carbocycles. The van der Waals surface area contributed by atoms with E-state index < -0.39 is 5.60 Å². The average Bonchev–Trinajstić information content (AvgIpc) is 2.59. The number of piperazine rings is 1. The summed E-state index contributed by atoms with van der Waals surface area (Å²) in [7, 11) is 2.10. The van der Waals surface area contributed by atoms with Crippen molar-refractivity contribution in [3.05, 3.63) is 23.3 Å². The maximum absolute atomic E-state index is 12.2. The number of hydrogen-bond donors (Lipinski definition) is 0. The standard InChI is InChI=1S/C23H40N2O3/c1-19(11-8-12-21(26)25-17-15-24(6)16-18-25)9-7-10-20(2)13-14-22(27)28-23(3,4)5/h10-11H,7-9,12-18H2,1-6H3/b19-11+,20-10+. The Morgan fingerprint density at radius 3 is 1.96 bits per heavy atom. The third kappa shape index (κ3) is 11.3. The first-order valence-electron chi connectivity index (χ1n) is 10.6. The zero-order valence-corrected chi connectivity index (χ0v) is 18.8. The summed E-state index contributed by atoms with van der Waals surface area (Å²) in [6.07, 6.45) is 8.96. The predicted molar refractivity (Wildman–Crippen MR) is 115 cm³/mol. The molecule has 28 heavy (non-hydrogen) atoms. The molecule has 160 valence electrons. The number of hydrogen-bond acceptors (Lipinski definition) is 4. The van der Waals surface area contributed by atoms with Crippen LogP contribution in [0.25, 0.3) is 0 Å². The molecule has 0 bridgehead atoms. The van der Waals surface area contributed by atoms with Crippen LogP contribution in [0.5, 0.6) is 0 Å². The number of rotatable bonds is 9. The summed E-state index contributed by atoms with van der Waals surface area (Å²) < 4.78 is 5.33. The molecular weight excluding hydrogens is 352 g/mol. The summed E-state index contributed by atoms with van der Waals surface area (Å²) in [5, 5.41) is 0. The molecule has 5 nitrogen and oxygen atoms in total. The number of likely N-dealkylation sites (N-methyl/N-ethyl adjacent to an activating group) is 1. The van der Waals surface area contributed by atoms with Crippen molar-refractivity contribution >= 4 is 11.9 Å². The van der Waals surface area contributed by atoms with Gasteiger partial charge in [-0.1, -0.05) is 23.3 Å². The van der Waals surface area contributed by atoms with Gasteiger partial charge in [0.2, 0.25) is 5.91 Å². The van der Waals surface area contributed by atoms with Gasteiger partial charge < -0.3 is 14.5 Å². The van der Waals surface area contributed by atoms with Crippen LogP contribution in [-0.2, 0) is 14.3 Å². The molecule has 0 unspecified atom stereocenters. The maximum atomic E-state index is 12.2. The zero-order valence-electron chi connectivity index (χ0n) is 18.8. The highest BCUT2D eigenvalue weighted by Gasteiger charge is 2.18. The number of allylic oxidation sites excluding steroid dienone is 4. The molecule has 0 spiro atoms. The monoisotopic (exact) mass is 392 g/mol. The lowest BCUT2D eigenvalue weighted by atomic mass is 10.1. The Bertz CT molecular complexity index is 565. The quantitative estimate of drug-likeness (QED) is 0.433. The lowest BCUT2D eigenvalue weighted by molar-refractivity contribution is -0.154. The van der Waals surface area contributed by atoms with Crippen LogP contribution < -0.4 is 0 Å². The fraction of sp³-hybridized carbons (Fsp3) is 0.739. The Labute approximate surface area is 171 Å². The van der Waals surface area contributed by atoms with Gasteiger partial charge >= 0.3 is 5.97 Å². The first-order chi connectivity index (χ1) is 13.1. The van der Waals surface area contributed by atoms with E-state index in [-0.39, 0.29) is 11.9 Å². The Balaban J connectivity index is 2.22. The molecule has 0 aromatic heterocycles. The minimum absolute atomic E-state index is 0.138. The second kappa shape index (κ2) is 12.1. The van der Waals surface area contributed by atoms with Crippen molar-refractivity contribution in [3.8, 4) is 0 Å². The summed E-state index contributed by atoms with van der Waals surface area (Å²) in [5.41, 5.74) is 2.13. The molecule has 0 aromatic carbocycles. The smallest absolute Gasteiger partial charge is 0.306 e. The SMILES string of the molecule is C/C(=C\CCC(=O)N1CCN(C)CC1)CC/C=C(\C)CCC(=O)OC(C)(C)C. The second-order valence-electron chi connectivity index (χ2n) is 8.95. The van der Waals surface area contributed by atoms with Crippen LogP contribution in [0.4, 0.5) is 0 Å². The Morgan fingerprint density at radius 1 is 0.857 bits per heavy atom. The van der Waals surface area contributed by atoms with E-state index >= 15 is 0 Å². The van der Waals surface area contributed by atoms with E-state index in [0.717, 1.165) is 51.9 Å². The average molecular weight is 393 g/mol. The van der Waals surface area contributed by atoms with Crippen molar-refractivity contribution in [1.29, 1.82) is 0 Å². The first kappa shape index (κ1) is 24.4. The lowest BCUT2D eigenvalue weighted by Crippen LogP contribution is -2.47. The van der Waals surface area contributed by atoms with E-state index in [0.29, 0.717) is 12.8 Å². The zero-order chi connectivity index (χ0) is 21.2. The summed E-state index contributed by atoms with van der Waals surface area (Å²) in [6, 6.07) is 0. The van der Waals surface area contributed by atoms with Crippen molar-refractivity contribution in [3.63, 3.8) is 0 Å². The first-order valence-corrected chi connectivity index (χ1v) is 10.6. The van der Waals surface area contributed by atoms with E-state index in [4.69, 9.17) is 4.74 Å². The van der Waals surface area contributed by atoms with E-state index in [9.17, 15) is 9.59 Å². The van der Waals surface area contributed by atoms with Crippen LogP contribution in [0.15, 0.2) is 23.3 Å². The predicted octanol–water partition coefficient (Wildman–Crippen LogP) is 4.34. The van der Waals surface area contributed by atoms with Crippen molar-refractivity contribution in [2.45, 2.75) is 78.7 Å². The topological polar surface area (TPSA) is 49.9 Å². The Kier molecular flexibility index (Phi) is 10.5. The molecule has 0 aliphatic carbocycles. The second-order valence-corrected chi connectivity index (χ2v) is 8.95. The fourth-order valence-corrected chi connectivity index (χ4v) is 3.10. The summed E-state index contributed by atoms with van der Waals surface area (Å²) in [5.74, 6) is 0.136. The molecule has 1 aliphatic heterocycles. The van der Waals surface area contributed by atoms with Gasteiger partial charge in [0.25, 0.3) is 0 Å². The van der Waals surface area contributed by atoms with Gasteiger partial charge in [0, 0.05) is 39.0 Å². The molecule has 1 aliphatic rings. The largest absolute Gasteiger partial charge is 0.460 e. The highest BCUT2D eigenvalue weighted by molar-refractivity contribution is 5.76. The van der Waals surface area contributed by atoms with Crippen LogP contribution in [0, 0.1) is 0 Å². The number of carbonyl (C=O) groups excluding carboxylic acids is 2. The van der Waals surface area contributed by atoms with Gasteiger partial charge in [-0.3, -0.25) is 9.59 Å². The number of amides is 1. The van der Waals surface area contributed by atoms with Gasteiger partial charge in [-0.25, -0.2) is 0 Å². The van der Waals surface area contributed by atoms with E-state index in [2.05, 4.69) is 37.9 Å². The van der Waals surface area contributed by atoms with Gasteiger partial charge in [0.1, 0.15) is 5.60 Å². The van der Waals surface area contributed by atoms with Crippen LogP contribution in [0.1, 0.15) is 73.1 Å². The summed E-state index contributed by atoms with van der Waals surface area (Å²) in [6.45, 7) is 13.5. The normalized spacial score (nSPS) is 17.0. The molecule has 1 amide bonds. The van der Waals surface area contributed by atoms with E-state index in [1.54, 1.807) is 0 Å². The van der Waals surface area contributed by atoms with Crippen LogP contribution in [0.3, 0.4) is 0 Å². The van der Waals surface area contributed by atoms with Crippen molar-refractivity contribution in [1.82, 2.24) is 9.80 Å². The van der Waals surface area contributed by atoms with Gasteiger partial charge in [-0.2, -0.15) is 0 Å². The van der Waals surface area contributed by atoms with Crippen LogP contribution >= 0.6 is 0 Å². The molecule has 1 rings (SSSR count). The van der Waals surface area contributed by atoms with Gasteiger partial charge in [-0.05, 0) is 67.3 Å². The van der Waals surface area contributed by atoms with Gasteiger partial charge in [0.15, 0.2) is 0 Å². The van der Waals surface area contributed by atoms with Crippen molar-refractivity contribution in [2.24, 2.45) is 0 Å². The minimum Gasteiger partial charge on any atom is -0.460 e. The number of esters is 1. The molecule has 0 aromatic rings. The van der Waals surface area contributed by atoms with Crippen molar-refractivity contribution < 1.29 is 14.3 Å². The molecule has 5 heteroatoms. The molecule has 1 heterocycles. The number of ether oxygens (including phenoxy) is 1. The van der Waals surface area contributed by atoms with Crippen molar-refractivity contribution in [2.75, 3.05) is 33.2 Å². The Morgan fingerprint density at radius 2 is 1.39 bits per heavy atom. The molecule has 1 fully saturated rings. The lowest BCUT2D eigenvalue weighted by Gasteiger charge is -2.32. The van der Waals surface area contributed by atoms with Gasteiger partial charge in [0.05, 0.1) is 0 Å². The minimum atomic E-state index is -0.414. The molecule has 0 atom stereocenters. The van der Waals surface area contributed by atoms with Crippen LogP contribution in [-0.4, -0.2) is 60.5 Å².